The van der Waals surface area contributed by atoms with Crippen LogP contribution in [0.15, 0.2) is 0 Å². The summed E-state index contributed by atoms with van der Waals surface area (Å²) < 4.78 is 4.90. The van der Waals surface area contributed by atoms with Crippen molar-refractivity contribution in [3.05, 3.63) is 0 Å². The molecule has 1 unspecified atom stereocenters. The highest BCUT2D eigenvalue weighted by Gasteiger charge is 2.12. The Hall–Kier alpha value is -0.770. The highest BCUT2D eigenvalue weighted by atomic mass is 16.5. The number of nitrogens with zero attached hydrogens (tertiary/aromatic N) is 1. The minimum absolute atomic E-state index is 0.0884. The van der Waals surface area contributed by atoms with Gasteiger partial charge in [-0.2, -0.15) is 0 Å². The van der Waals surface area contributed by atoms with Crippen LogP contribution in [0, 0.1) is 0 Å². The molecule has 2 amide bonds. The van der Waals surface area contributed by atoms with E-state index in [4.69, 9.17) is 4.74 Å². The third-order valence-corrected chi connectivity index (χ3v) is 1.60. The van der Waals surface area contributed by atoms with E-state index in [1.807, 2.05) is 6.92 Å². The van der Waals surface area contributed by atoms with Crippen LogP contribution >= 0.6 is 0 Å². The van der Waals surface area contributed by atoms with Gasteiger partial charge in [-0.3, -0.25) is 0 Å². The molecule has 0 spiro atoms. The molecule has 4 heteroatoms. The smallest absolute Gasteiger partial charge is 0.317 e. The van der Waals surface area contributed by atoms with Crippen molar-refractivity contribution in [1.29, 1.82) is 0 Å². The molecule has 0 aromatic carbocycles. The van der Waals surface area contributed by atoms with Crippen LogP contribution in [-0.2, 0) is 4.74 Å². The molecule has 11 heavy (non-hydrogen) atoms. The van der Waals surface area contributed by atoms with Crippen LogP contribution < -0.4 is 5.32 Å². The molecule has 0 aliphatic carbocycles. The number of nitrogens with one attached hydrogen (secondary N) is 1. The van der Waals surface area contributed by atoms with Gasteiger partial charge in [0, 0.05) is 21.2 Å². The number of carbonyl (C=O) groups excluding carboxylic acids is 1. The average Bonchev–Trinajstić information content (AvgIpc) is 2.02. The lowest BCUT2D eigenvalue weighted by atomic mass is 10.3. The SMILES string of the molecule is CNC(=O)N(C)C(C)COC. The molecule has 66 valence electrons. The van der Waals surface area contributed by atoms with Crippen molar-refractivity contribution in [3.8, 4) is 0 Å². The van der Waals surface area contributed by atoms with Crippen molar-refractivity contribution in [2.24, 2.45) is 0 Å². The summed E-state index contributed by atoms with van der Waals surface area (Å²) >= 11 is 0. The van der Waals surface area contributed by atoms with E-state index < -0.39 is 0 Å². The molecule has 0 fully saturated rings. The number of carbonyl (C=O) groups is 1. The van der Waals surface area contributed by atoms with E-state index >= 15 is 0 Å². The molecule has 0 aromatic rings. The number of amides is 2. The van der Waals surface area contributed by atoms with E-state index in [2.05, 4.69) is 5.32 Å². The highest BCUT2D eigenvalue weighted by molar-refractivity contribution is 5.73. The van der Waals surface area contributed by atoms with Gasteiger partial charge in [0.2, 0.25) is 0 Å². The van der Waals surface area contributed by atoms with Crippen molar-refractivity contribution in [2.45, 2.75) is 13.0 Å². The van der Waals surface area contributed by atoms with E-state index in [1.165, 1.54) is 0 Å². The average molecular weight is 160 g/mol. The summed E-state index contributed by atoms with van der Waals surface area (Å²) in [6, 6.07) is 0.0227. The van der Waals surface area contributed by atoms with Crippen LogP contribution in [0.1, 0.15) is 6.92 Å². The van der Waals surface area contributed by atoms with E-state index in [9.17, 15) is 4.79 Å². The standard InChI is InChI=1S/C7H16N2O2/c1-6(5-11-4)9(3)7(10)8-2/h6H,5H2,1-4H3,(H,8,10). The first-order valence-corrected chi connectivity index (χ1v) is 3.57. The molecule has 1 atom stereocenters. The molecule has 0 saturated carbocycles. The van der Waals surface area contributed by atoms with Crippen LogP contribution in [0.5, 0.6) is 0 Å². The van der Waals surface area contributed by atoms with Crippen molar-refractivity contribution >= 4 is 6.03 Å². The van der Waals surface area contributed by atoms with Gasteiger partial charge in [0.15, 0.2) is 0 Å². The third-order valence-electron chi connectivity index (χ3n) is 1.60. The Morgan fingerprint density at radius 2 is 2.27 bits per heavy atom. The Morgan fingerprint density at radius 3 is 2.64 bits per heavy atom. The molecule has 4 nitrogen and oxygen atoms in total. The third kappa shape index (κ3) is 3.23. The van der Waals surface area contributed by atoms with Crippen molar-refractivity contribution in [2.75, 3.05) is 27.8 Å². The van der Waals surface area contributed by atoms with Gasteiger partial charge < -0.3 is 15.0 Å². The Balaban J connectivity index is 3.80. The second-order valence-corrected chi connectivity index (χ2v) is 2.47. The van der Waals surface area contributed by atoms with E-state index in [1.54, 1.807) is 26.1 Å². The van der Waals surface area contributed by atoms with Crippen molar-refractivity contribution in [3.63, 3.8) is 0 Å². The van der Waals surface area contributed by atoms with Crippen LogP contribution in [0.2, 0.25) is 0 Å². The summed E-state index contributed by atoms with van der Waals surface area (Å²) in [5, 5.41) is 2.54. The second-order valence-electron chi connectivity index (χ2n) is 2.47. The molecular weight excluding hydrogens is 144 g/mol. The maximum absolute atomic E-state index is 11.0. The summed E-state index contributed by atoms with van der Waals surface area (Å²) in [5.41, 5.74) is 0. The van der Waals surface area contributed by atoms with Crippen LogP contribution in [-0.4, -0.2) is 44.8 Å². The lowest BCUT2D eigenvalue weighted by molar-refractivity contribution is 0.124. The molecule has 1 N–H and O–H groups in total. The summed E-state index contributed by atoms with van der Waals surface area (Å²) in [5.74, 6) is 0. The number of likely N-dealkylation sites (N-methyl/N-ethyl adjacent to an activating group) is 1. The van der Waals surface area contributed by atoms with E-state index in [0.717, 1.165) is 0 Å². The summed E-state index contributed by atoms with van der Waals surface area (Å²) in [4.78, 5) is 12.6. The Bertz CT molecular complexity index is 128. The number of ether oxygens (including phenoxy) is 1. The highest BCUT2D eigenvalue weighted by Crippen LogP contribution is 1.95. The molecule has 0 bridgehead atoms. The Kier molecular flexibility index (Phi) is 4.61. The Labute approximate surface area is 67.5 Å². The zero-order valence-electron chi connectivity index (χ0n) is 7.55. The van der Waals surface area contributed by atoms with E-state index in [-0.39, 0.29) is 12.1 Å². The van der Waals surface area contributed by atoms with Gasteiger partial charge in [-0.25, -0.2) is 4.79 Å². The lowest BCUT2D eigenvalue weighted by Gasteiger charge is -2.23. The first-order valence-electron chi connectivity index (χ1n) is 3.57. The molecule has 0 heterocycles. The number of urea groups is 1. The predicted molar refractivity (Wildman–Crippen MR) is 43.6 cm³/mol. The van der Waals surface area contributed by atoms with Gasteiger partial charge in [-0.15, -0.1) is 0 Å². The Morgan fingerprint density at radius 1 is 1.73 bits per heavy atom. The van der Waals surface area contributed by atoms with Crippen LogP contribution in [0.25, 0.3) is 0 Å². The zero-order chi connectivity index (χ0) is 8.85. The predicted octanol–water partition coefficient (Wildman–Crippen LogP) is 0.292. The zero-order valence-corrected chi connectivity index (χ0v) is 7.55. The topological polar surface area (TPSA) is 41.6 Å². The minimum Gasteiger partial charge on any atom is -0.383 e. The van der Waals surface area contributed by atoms with Gasteiger partial charge in [0.05, 0.1) is 12.6 Å². The quantitative estimate of drug-likeness (QED) is 0.645. The summed E-state index contributed by atoms with van der Waals surface area (Å²) in [6.45, 7) is 2.49. The van der Waals surface area contributed by atoms with E-state index in [0.29, 0.717) is 6.61 Å². The van der Waals surface area contributed by atoms with Crippen molar-refractivity contribution in [1.82, 2.24) is 10.2 Å². The fourth-order valence-electron chi connectivity index (χ4n) is 0.730. The first-order chi connectivity index (χ1) is 5.13. The monoisotopic (exact) mass is 160 g/mol. The van der Waals surface area contributed by atoms with Gasteiger partial charge in [-0.1, -0.05) is 0 Å². The number of hydrogen-bond acceptors (Lipinski definition) is 2. The second kappa shape index (κ2) is 4.96. The van der Waals surface area contributed by atoms with Crippen LogP contribution in [0.3, 0.4) is 0 Å². The molecule has 0 aliphatic rings. The molecule has 0 rings (SSSR count). The maximum Gasteiger partial charge on any atom is 0.317 e. The van der Waals surface area contributed by atoms with Crippen LogP contribution in [0.4, 0.5) is 4.79 Å². The molecule has 0 aromatic heterocycles. The summed E-state index contributed by atoms with van der Waals surface area (Å²) in [6.07, 6.45) is 0. The number of rotatable bonds is 3. The minimum atomic E-state index is -0.0884. The van der Waals surface area contributed by atoms with Gasteiger partial charge in [0.1, 0.15) is 0 Å². The van der Waals surface area contributed by atoms with Gasteiger partial charge >= 0.3 is 6.03 Å². The largest absolute Gasteiger partial charge is 0.383 e. The van der Waals surface area contributed by atoms with Gasteiger partial charge in [-0.05, 0) is 6.92 Å². The fraction of sp³-hybridized carbons (Fsp3) is 0.857. The lowest BCUT2D eigenvalue weighted by Crippen LogP contribution is -2.42. The molecule has 0 aliphatic heterocycles. The first kappa shape index (κ1) is 10.2. The number of hydrogen-bond donors (Lipinski definition) is 1. The molecular formula is C7H16N2O2. The fourth-order valence-corrected chi connectivity index (χ4v) is 0.730. The number of methoxy groups -OCH3 is 1. The maximum atomic E-state index is 11.0. The van der Waals surface area contributed by atoms with Crippen molar-refractivity contribution < 1.29 is 9.53 Å². The normalized spacial score (nSPS) is 12.4. The molecule has 0 saturated heterocycles. The molecule has 0 radical (unpaired) electrons. The summed E-state index contributed by atoms with van der Waals surface area (Å²) in [7, 11) is 4.97. The van der Waals surface area contributed by atoms with Gasteiger partial charge in [0.25, 0.3) is 0 Å².